The van der Waals surface area contributed by atoms with Crippen LogP contribution in [0.5, 0.6) is 0 Å². The van der Waals surface area contributed by atoms with Crippen LogP contribution in [0.2, 0.25) is 0 Å². The Morgan fingerprint density at radius 1 is 1.11 bits per heavy atom. The van der Waals surface area contributed by atoms with E-state index < -0.39 is 17.7 Å². The van der Waals surface area contributed by atoms with Crippen molar-refractivity contribution < 1.29 is 18.7 Å². The third kappa shape index (κ3) is 4.54. The molecule has 0 radical (unpaired) electrons. The summed E-state index contributed by atoms with van der Waals surface area (Å²) in [6, 6.07) is 8.30. The van der Waals surface area contributed by atoms with E-state index in [0.29, 0.717) is 17.9 Å². The summed E-state index contributed by atoms with van der Waals surface area (Å²) in [5.74, 6) is -0.955. The minimum atomic E-state index is -1.06. The highest BCUT2D eigenvalue weighted by molar-refractivity contribution is 5.73. The van der Waals surface area contributed by atoms with Crippen LogP contribution in [-0.2, 0) is 0 Å². The molecule has 4 heterocycles. The van der Waals surface area contributed by atoms with Crippen molar-refractivity contribution >= 4 is 29.1 Å². The Bertz CT molecular complexity index is 1370. The zero-order valence-corrected chi connectivity index (χ0v) is 18.7. The number of aromatic nitrogens is 5. The van der Waals surface area contributed by atoms with Crippen molar-refractivity contribution in [3.8, 4) is 11.3 Å². The summed E-state index contributed by atoms with van der Waals surface area (Å²) >= 11 is 0. The van der Waals surface area contributed by atoms with Crippen LogP contribution in [0.3, 0.4) is 0 Å². The number of anilines is 3. The van der Waals surface area contributed by atoms with E-state index >= 15 is 0 Å². The molecule has 180 valence electrons. The SMILES string of the molecule is C[C@H]1C[C@@H](NC(=O)O)CN(c2ccncc2Nc2nnc3ccc(-c4c(F)cccc4F)nn23)C1. The molecule has 0 bridgehead atoms. The number of nitrogens with one attached hydrogen (secondary N) is 2. The topological polar surface area (TPSA) is 121 Å². The summed E-state index contributed by atoms with van der Waals surface area (Å²) in [5.41, 5.74) is 1.65. The number of amides is 1. The van der Waals surface area contributed by atoms with E-state index in [1.165, 1.54) is 28.8 Å². The van der Waals surface area contributed by atoms with Gasteiger partial charge >= 0.3 is 6.09 Å². The normalized spacial score (nSPS) is 18.0. The number of piperidine rings is 1. The minimum Gasteiger partial charge on any atom is -0.465 e. The first-order valence-electron chi connectivity index (χ1n) is 11.0. The van der Waals surface area contributed by atoms with Crippen molar-refractivity contribution in [1.82, 2.24) is 30.1 Å². The van der Waals surface area contributed by atoms with Crippen LogP contribution in [0.15, 0.2) is 48.8 Å². The Labute approximate surface area is 198 Å². The molecule has 1 aliphatic rings. The molecular weight excluding hydrogens is 458 g/mol. The minimum absolute atomic E-state index is 0.0924. The molecular formula is C23H22F2N8O2. The average Bonchev–Trinajstić information content (AvgIpc) is 3.20. The lowest BCUT2D eigenvalue weighted by Crippen LogP contribution is -2.50. The summed E-state index contributed by atoms with van der Waals surface area (Å²) < 4.78 is 30.0. The number of pyridine rings is 1. The van der Waals surface area contributed by atoms with Gasteiger partial charge in [-0.05, 0) is 42.7 Å². The first-order valence-corrected chi connectivity index (χ1v) is 11.0. The average molecular weight is 480 g/mol. The number of benzene rings is 1. The molecule has 4 aromatic rings. The predicted octanol–water partition coefficient (Wildman–Crippen LogP) is 3.69. The molecule has 1 fully saturated rings. The quantitative estimate of drug-likeness (QED) is 0.396. The van der Waals surface area contributed by atoms with Crippen LogP contribution >= 0.6 is 0 Å². The van der Waals surface area contributed by atoms with Crippen molar-refractivity contribution in [2.24, 2.45) is 5.92 Å². The van der Waals surface area contributed by atoms with Gasteiger partial charge in [-0.1, -0.05) is 13.0 Å². The lowest BCUT2D eigenvalue weighted by atomic mass is 9.95. The fourth-order valence-corrected chi connectivity index (χ4v) is 4.45. The van der Waals surface area contributed by atoms with Crippen LogP contribution in [-0.4, -0.2) is 55.1 Å². The third-order valence-corrected chi connectivity index (χ3v) is 5.85. The maximum atomic E-state index is 14.3. The monoisotopic (exact) mass is 480 g/mol. The number of nitrogens with zero attached hydrogens (tertiary/aromatic N) is 6. The molecule has 0 aliphatic carbocycles. The Balaban J connectivity index is 1.48. The number of fused-ring (bicyclic) bond motifs is 1. The van der Waals surface area contributed by atoms with Gasteiger partial charge in [0.25, 0.3) is 5.95 Å². The summed E-state index contributed by atoms with van der Waals surface area (Å²) in [7, 11) is 0. The highest BCUT2D eigenvalue weighted by Crippen LogP contribution is 2.31. The van der Waals surface area contributed by atoms with Crippen molar-refractivity contribution in [2.75, 3.05) is 23.3 Å². The summed E-state index contributed by atoms with van der Waals surface area (Å²) in [6.07, 6.45) is 2.96. The van der Waals surface area contributed by atoms with E-state index in [0.717, 1.165) is 18.7 Å². The van der Waals surface area contributed by atoms with Gasteiger partial charge in [-0.2, -0.15) is 9.61 Å². The van der Waals surface area contributed by atoms with Crippen LogP contribution in [0.4, 0.5) is 30.9 Å². The van der Waals surface area contributed by atoms with Gasteiger partial charge in [-0.25, -0.2) is 13.6 Å². The molecule has 3 N–H and O–H groups in total. The van der Waals surface area contributed by atoms with Crippen LogP contribution < -0.4 is 15.5 Å². The van der Waals surface area contributed by atoms with Gasteiger partial charge in [0, 0.05) is 25.3 Å². The lowest BCUT2D eigenvalue weighted by molar-refractivity contribution is 0.186. The Hall–Kier alpha value is -4.35. The summed E-state index contributed by atoms with van der Waals surface area (Å²) in [4.78, 5) is 17.4. The maximum Gasteiger partial charge on any atom is 0.404 e. The highest BCUT2D eigenvalue weighted by atomic mass is 19.1. The molecule has 2 atom stereocenters. The van der Waals surface area contributed by atoms with Gasteiger partial charge in [-0.15, -0.1) is 10.2 Å². The molecule has 5 rings (SSSR count). The van der Waals surface area contributed by atoms with Crippen LogP contribution in [0.1, 0.15) is 13.3 Å². The van der Waals surface area contributed by atoms with E-state index in [2.05, 4.69) is 42.7 Å². The van der Waals surface area contributed by atoms with E-state index in [1.54, 1.807) is 18.5 Å². The molecule has 0 spiro atoms. The second kappa shape index (κ2) is 9.12. The van der Waals surface area contributed by atoms with Crippen molar-refractivity contribution in [2.45, 2.75) is 19.4 Å². The second-order valence-corrected chi connectivity index (χ2v) is 8.52. The van der Waals surface area contributed by atoms with E-state index in [4.69, 9.17) is 5.11 Å². The molecule has 35 heavy (non-hydrogen) atoms. The Kier molecular flexibility index (Phi) is 5.85. The largest absolute Gasteiger partial charge is 0.465 e. The molecule has 1 aromatic carbocycles. The second-order valence-electron chi connectivity index (χ2n) is 8.52. The zero-order chi connectivity index (χ0) is 24.5. The standard InChI is InChI=1S/C23H22F2N8O2/c1-13-9-14(27-23(34)35)12-32(11-13)19-7-8-26-10-18(19)28-22-30-29-20-6-5-17(31-33(20)22)21-15(24)3-2-4-16(21)25/h2-8,10,13-14,27H,9,11-12H2,1H3,(H,28,30)(H,34,35)/t13-,14+/m0/s1. The first-order chi connectivity index (χ1) is 16.9. The number of rotatable bonds is 5. The van der Waals surface area contributed by atoms with Gasteiger partial charge in [-0.3, -0.25) is 4.98 Å². The summed E-state index contributed by atoms with van der Waals surface area (Å²) in [6.45, 7) is 3.28. The van der Waals surface area contributed by atoms with Crippen LogP contribution in [0.25, 0.3) is 16.9 Å². The van der Waals surface area contributed by atoms with Crippen molar-refractivity contribution in [3.05, 3.63) is 60.4 Å². The molecule has 3 aromatic heterocycles. The molecule has 1 saturated heterocycles. The fraction of sp³-hybridized carbons (Fsp3) is 0.261. The van der Waals surface area contributed by atoms with Gasteiger partial charge in [0.05, 0.1) is 28.8 Å². The van der Waals surface area contributed by atoms with Crippen LogP contribution in [0, 0.1) is 17.6 Å². The molecule has 0 unspecified atom stereocenters. The fourth-order valence-electron chi connectivity index (χ4n) is 4.45. The van der Waals surface area contributed by atoms with Crippen molar-refractivity contribution in [1.29, 1.82) is 0 Å². The Morgan fingerprint density at radius 3 is 2.69 bits per heavy atom. The van der Waals surface area contributed by atoms with E-state index in [-0.39, 0.29) is 29.2 Å². The number of hydrogen-bond acceptors (Lipinski definition) is 7. The number of halogens is 2. The highest BCUT2D eigenvalue weighted by Gasteiger charge is 2.27. The smallest absolute Gasteiger partial charge is 0.404 e. The number of hydrogen-bond donors (Lipinski definition) is 3. The first kappa shape index (κ1) is 22.4. The maximum absolute atomic E-state index is 14.3. The number of carboxylic acid groups (broad SMARTS) is 1. The van der Waals surface area contributed by atoms with Gasteiger partial charge in [0.15, 0.2) is 5.65 Å². The summed E-state index contributed by atoms with van der Waals surface area (Å²) in [5, 5.41) is 27.5. The third-order valence-electron chi connectivity index (χ3n) is 5.85. The molecule has 10 nitrogen and oxygen atoms in total. The van der Waals surface area contributed by atoms with Gasteiger partial charge in [0.2, 0.25) is 0 Å². The van der Waals surface area contributed by atoms with Gasteiger partial charge < -0.3 is 20.6 Å². The molecule has 1 aliphatic heterocycles. The molecule has 12 heteroatoms. The van der Waals surface area contributed by atoms with E-state index in [1.807, 2.05) is 6.07 Å². The molecule has 0 saturated carbocycles. The zero-order valence-electron chi connectivity index (χ0n) is 18.7. The predicted molar refractivity (Wildman–Crippen MR) is 125 cm³/mol. The van der Waals surface area contributed by atoms with Crippen molar-refractivity contribution in [3.63, 3.8) is 0 Å². The molecule has 1 amide bonds. The lowest BCUT2D eigenvalue weighted by Gasteiger charge is -2.38. The Morgan fingerprint density at radius 2 is 1.91 bits per heavy atom. The number of carbonyl (C=O) groups is 1. The van der Waals surface area contributed by atoms with E-state index in [9.17, 15) is 13.6 Å². The van der Waals surface area contributed by atoms with Gasteiger partial charge in [0.1, 0.15) is 11.6 Å².